The van der Waals surface area contributed by atoms with Crippen molar-refractivity contribution < 1.29 is 22.7 Å². The van der Waals surface area contributed by atoms with Crippen LogP contribution in [0.5, 0.6) is 5.75 Å². The molecular formula is C13H15F3N2O2. The molecule has 0 spiro atoms. The lowest BCUT2D eigenvalue weighted by Gasteiger charge is -2.20. The average molecular weight is 288 g/mol. The van der Waals surface area contributed by atoms with Gasteiger partial charge in [0.2, 0.25) is 0 Å². The summed E-state index contributed by atoms with van der Waals surface area (Å²) in [6.07, 6.45) is -2.84. The normalized spacial score (nSPS) is 14.8. The maximum absolute atomic E-state index is 12.3. The minimum atomic E-state index is -4.75. The molecule has 1 aromatic rings. The Labute approximate surface area is 114 Å². The van der Waals surface area contributed by atoms with Crippen LogP contribution in [0.3, 0.4) is 0 Å². The molecule has 0 saturated heterocycles. The Bertz CT molecular complexity index is 487. The molecule has 4 nitrogen and oxygen atoms in total. The highest BCUT2D eigenvalue weighted by atomic mass is 19.4. The molecule has 0 unspecified atom stereocenters. The molecule has 1 aliphatic carbocycles. The molecule has 7 heteroatoms. The molecule has 110 valence electrons. The smallest absolute Gasteiger partial charge is 0.405 e. The number of nitrogens with one attached hydrogen (secondary N) is 1. The van der Waals surface area contributed by atoms with Crippen LogP contribution in [0.2, 0.25) is 0 Å². The van der Waals surface area contributed by atoms with E-state index in [-0.39, 0.29) is 24.4 Å². The number of hydrogen-bond acceptors (Lipinski definition) is 2. The summed E-state index contributed by atoms with van der Waals surface area (Å²) in [4.78, 5) is 13.1. The zero-order valence-electron chi connectivity index (χ0n) is 10.9. The molecule has 1 aromatic carbocycles. The summed E-state index contributed by atoms with van der Waals surface area (Å²) in [6, 6.07) is 5.69. The topological polar surface area (TPSA) is 41.6 Å². The third kappa shape index (κ3) is 4.32. The van der Waals surface area contributed by atoms with Gasteiger partial charge in [-0.2, -0.15) is 0 Å². The van der Waals surface area contributed by atoms with Crippen LogP contribution >= 0.6 is 0 Å². The molecule has 1 saturated carbocycles. The number of nitrogens with zero attached hydrogens (tertiary/aromatic N) is 1. The van der Waals surface area contributed by atoms with Gasteiger partial charge in [-0.1, -0.05) is 18.2 Å². The molecule has 2 rings (SSSR count). The standard InChI is InChI=1S/C13H15F3N2O2/c1-18(12(19)17-10-6-7-10)8-9-4-2-3-5-11(9)20-13(14,15)16/h2-5,10H,6-8H2,1H3,(H,17,19). The van der Waals surface area contributed by atoms with Crippen molar-refractivity contribution >= 4 is 6.03 Å². The number of carbonyl (C=O) groups excluding carboxylic acids is 1. The first-order valence-electron chi connectivity index (χ1n) is 6.20. The van der Waals surface area contributed by atoms with E-state index in [1.807, 2.05) is 0 Å². The average Bonchev–Trinajstić information content (AvgIpc) is 3.13. The van der Waals surface area contributed by atoms with Crippen molar-refractivity contribution in [3.8, 4) is 5.75 Å². The van der Waals surface area contributed by atoms with Crippen molar-refractivity contribution in [3.05, 3.63) is 29.8 Å². The minimum Gasteiger partial charge on any atom is -0.405 e. The Morgan fingerprint density at radius 3 is 2.65 bits per heavy atom. The molecule has 0 heterocycles. The largest absolute Gasteiger partial charge is 0.573 e. The Balaban J connectivity index is 2.02. The van der Waals surface area contributed by atoms with Crippen LogP contribution in [0, 0.1) is 0 Å². The molecule has 1 fully saturated rings. The summed E-state index contributed by atoms with van der Waals surface area (Å²) in [7, 11) is 1.53. The van der Waals surface area contributed by atoms with Gasteiger partial charge in [0.05, 0.1) is 6.54 Å². The fourth-order valence-corrected chi connectivity index (χ4v) is 1.70. The Kier molecular flexibility index (Phi) is 4.06. The molecule has 0 aromatic heterocycles. The van der Waals surface area contributed by atoms with Crippen LogP contribution in [0.15, 0.2) is 24.3 Å². The molecule has 20 heavy (non-hydrogen) atoms. The van der Waals surface area contributed by atoms with E-state index < -0.39 is 6.36 Å². The van der Waals surface area contributed by atoms with Crippen molar-refractivity contribution in [1.29, 1.82) is 0 Å². The van der Waals surface area contributed by atoms with E-state index in [2.05, 4.69) is 10.1 Å². The molecule has 1 N–H and O–H groups in total. The number of halogens is 3. The van der Waals surface area contributed by atoms with E-state index in [1.54, 1.807) is 6.07 Å². The number of urea groups is 1. The van der Waals surface area contributed by atoms with Crippen LogP contribution in [0.1, 0.15) is 18.4 Å². The third-order valence-electron chi connectivity index (χ3n) is 2.86. The molecule has 0 radical (unpaired) electrons. The number of ether oxygens (including phenoxy) is 1. The second-order valence-electron chi connectivity index (χ2n) is 4.74. The second kappa shape index (κ2) is 5.60. The van der Waals surface area contributed by atoms with E-state index in [1.165, 1.54) is 30.1 Å². The van der Waals surface area contributed by atoms with Gasteiger partial charge in [-0.25, -0.2) is 4.79 Å². The van der Waals surface area contributed by atoms with Crippen LogP contribution in [0.25, 0.3) is 0 Å². The van der Waals surface area contributed by atoms with Crippen LogP contribution in [-0.4, -0.2) is 30.4 Å². The lowest BCUT2D eigenvalue weighted by molar-refractivity contribution is -0.274. The van der Waals surface area contributed by atoms with Crippen molar-refractivity contribution in [3.63, 3.8) is 0 Å². The number of amides is 2. The zero-order valence-corrected chi connectivity index (χ0v) is 10.9. The number of alkyl halides is 3. The highest BCUT2D eigenvalue weighted by Gasteiger charge is 2.32. The highest BCUT2D eigenvalue weighted by molar-refractivity contribution is 5.74. The zero-order chi connectivity index (χ0) is 14.8. The van der Waals surface area contributed by atoms with Gasteiger partial charge in [-0.3, -0.25) is 0 Å². The lowest BCUT2D eigenvalue weighted by atomic mass is 10.2. The maximum atomic E-state index is 12.3. The number of benzene rings is 1. The summed E-state index contributed by atoms with van der Waals surface area (Å²) < 4.78 is 40.8. The summed E-state index contributed by atoms with van der Waals surface area (Å²) >= 11 is 0. The summed E-state index contributed by atoms with van der Waals surface area (Å²) in [5, 5.41) is 2.77. The fourth-order valence-electron chi connectivity index (χ4n) is 1.70. The second-order valence-corrected chi connectivity index (χ2v) is 4.74. The van der Waals surface area contributed by atoms with Gasteiger partial charge in [0.1, 0.15) is 5.75 Å². The Hall–Kier alpha value is -1.92. The van der Waals surface area contributed by atoms with Crippen LogP contribution in [-0.2, 0) is 6.54 Å². The molecule has 0 aliphatic heterocycles. The lowest BCUT2D eigenvalue weighted by Crippen LogP contribution is -2.38. The SMILES string of the molecule is CN(Cc1ccccc1OC(F)(F)F)C(=O)NC1CC1. The number of para-hydroxylation sites is 1. The predicted octanol–water partition coefficient (Wildman–Crippen LogP) is 2.89. The van der Waals surface area contributed by atoms with Crippen molar-refractivity contribution in [2.75, 3.05) is 7.05 Å². The van der Waals surface area contributed by atoms with Gasteiger partial charge in [-0.15, -0.1) is 13.2 Å². The van der Waals surface area contributed by atoms with Crippen LogP contribution < -0.4 is 10.1 Å². The Morgan fingerprint density at radius 1 is 1.40 bits per heavy atom. The summed E-state index contributed by atoms with van der Waals surface area (Å²) in [5.74, 6) is -0.286. The van der Waals surface area contributed by atoms with E-state index in [0.29, 0.717) is 5.56 Å². The molecule has 2 amide bonds. The van der Waals surface area contributed by atoms with Crippen LogP contribution in [0.4, 0.5) is 18.0 Å². The minimum absolute atomic E-state index is 0.0464. The first-order chi connectivity index (χ1) is 9.35. The predicted molar refractivity (Wildman–Crippen MR) is 66.1 cm³/mol. The van der Waals surface area contributed by atoms with Gasteiger partial charge in [-0.05, 0) is 18.9 Å². The van der Waals surface area contributed by atoms with E-state index >= 15 is 0 Å². The molecule has 1 aliphatic rings. The number of hydrogen-bond donors (Lipinski definition) is 1. The van der Waals surface area contributed by atoms with Crippen molar-refractivity contribution in [1.82, 2.24) is 10.2 Å². The fraction of sp³-hybridized carbons (Fsp3) is 0.462. The maximum Gasteiger partial charge on any atom is 0.573 e. The molecular weight excluding hydrogens is 273 g/mol. The summed E-state index contributed by atoms with van der Waals surface area (Å²) in [5.41, 5.74) is 0.304. The van der Waals surface area contributed by atoms with Gasteiger partial charge in [0.25, 0.3) is 0 Å². The highest BCUT2D eigenvalue weighted by Crippen LogP contribution is 2.27. The van der Waals surface area contributed by atoms with Gasteiger partial charge < -0.3 is 15.0 Å². The quantitative estimate of drug-likeness (QED) is 0.925. The molecule has 0 atom stereocenters. The Morgan fingerprint density at radius 2 is 2.05 bits per heavy atom. The van der Waals surface area contributed by atoms with Gasteiger partial charge >= 0.3 is 12.4 Å². The third-order valence-corrected chi connectivity index (χ3v) is 2.86. The van der Waals surface area contributed by atoms with Crippen molar-refractivity contribution in [2.24, 2.45) is 0 Å². The number of rotatable bonds is 4. The van der Waals surface area contributed by atoms with Gasteiger partial charge in [0, 0.05) is 18.7 Å². The summed E-state index contributed by atoms with van der Waals surface area (Å²) in [6.45, 7) is 0.0464. The first-order valence-corrected chi connectivity index (χ1v) is 6.20. The van der Waals surface area contributed by atoms with E-state index in [4.69, 9.17) is 0 Å². The van der Waals surface area contributed by atoms with E-state index in [0.717, 1.165) is 12.8 Å². The van der Waals surface area contributed by atoms with Gasteiger partial charge in [0.15, 0.2) is 0 Å². The monoisotopic (exact) mass is 288 g/mol. The van der Waals surface area contributed by atoms with E-state index in [9.17, 15) is 18.0 Å². The first kappa shape index (κ1) is 14.5. The molecule has 0 bridgehead atoms. The van der Waals surface area contributed by atoms with Crippen molar-refractivity contribution in [2.45, 2.75) is 31.8 Å². The number of carbonyl (C=O) groups is 1.